The molecule has 19 heavy (non-hydrogen) atoms. The third kappa shape index (κ3) is 2.63. The summed E-state index contributed by atoms with van der Waals surface area (Å²) in [6.45, 7) is 3.70. The van der Waals surface area contributed by atoms with E-state index in [1.807, 2.05) is 13.8 Å². The minimum Gasteiger partial charge on any atom is -0.345 e. The van der Waals surface area contributed by atoms with Crippen molar-refractivity contribution in [3.05, 3.63) is 28.5 Å². The Balaban J connectivity index is 2.48. The fourth-order valence-corrected chi connectivity index (χ4v) is 2.73. The van der Waals surface area contributed by atoms with Gasteiger partial charge in [0.05, 0.1) is 12.2 Å². The van der Waals surface area contributed by atoms with Gasteiger partial charge in [0.2, 0.25) is 11.8 Å². The molecule has 0 aromatic heterocycles. The first-order valence-electron chi connectivity index (χ1n) is 5.96. The summed E-state index contributed by atoms with van der Waals surface area (Å²) in [6.07, 6.45) is 0. The minimum atomic E-state index is -0.581. The molecule has 1 aromatic carbocycles. The van der Waals surface area contributed by atoms with Gasteiger partial charge >= 0.3 is 0 Å². The quantitative estimate of drug-likeness (QED) is 0.903. The Morgan fingerprint density at radius 3 is 2.68 bits per heavy atom. The number of nitrogens with one attached hydrogen (secondary N) is 1. The van der Waals surface area contributed by atoms with E-state index in [1.165, 1.54) is 23.1 Å². The van der Waals surface area contributed by atoms with Gasteiger partial charge in [-0.3, -0.25) is 14.5 Å². The highest BCUT2D eigenvalue weighted by Gasteiger charge is 2.38. The number of halogens is 2. The van der Waals surface area contributed by atoms with E-state index < -0.39 is 11.9 Å². The molecule has 102 valence electrons. The molecule has 1 atom stereocenters. The van der Waals surface area contributed by atoms with E-state index in [1.54, 1.807) is 0 Å². The summed E-state index contributed by atoms with van der Waals surface area (Å²) in [5.74, 6) is -0.830. The Kier molecular flexibility index (Phi) is 3.89. The molecule has 2 rings (SSSR count). The third-order valence-corrected chi connectivity index (χ3v) is 3.67. The number of hydrogen-bond acceptors (Lipinski definition) is 2. The molecule has 1 aliphatic rings. The highest BCUT2D eigenvalue weighted by molar-refractivity contribution is 9.10. The molecule has 6 heteroatoms. The lowest BCUT2D eigenvalue weighted by molar-refractivity contribution is -0.131. The summed E-state index contributed by atoms with van der Waals surface area (Å²) in [4.78, 5) is 25.5. The second-order valence-corrected chi connectivity index (χ2v) is 5.62. The van der Waals surface area contributed by atoms with Crippen molar-refractivity contribution in [1.29, 1.82) is 0 Å². The standard InChI is InChI=1S/C13H14BrFN2O2/c1-7(2)12-13(19)16-6-11(18)17(12)10-4-3-8(15)5-9(10)14/h3-5,7,12H,6H2,1-2H3,(H,16,19). The smallest absolute Gasteiger partial charge is 0.247 e. The van der Waals surface area contributed by atoms with Gasteiger partial charge in [0.15, 0.2) is 0 Å². The molecule has 1 saturated heterocycles. The van der Waals surface area contributed by atoms with Crippen LogP contribution in [0.25, 0.3) is 0 Å². The van der Waals surface area contributed by atoms with Crippen LogP contribution in [0.1, 0.15) is 13.8 Å². The van der Waals surface area contributed by atoms with Crippen LogP contribution in [0.15, 0.2) is 22.7 Å². The molecule has 1 aliphatic heterocycles. The second kappa shape index (κ2) is 5.28. The Morgan fingerprint density at radius 2 is 2.11 bits per heavy atom. The van der Waals surface area contributed by atoms with Crippen LogP contribution in [0, 0.1) is 11.7 Å². The first kappa shape index (κ1) is 14.0. The number of carbonyl (C=O) groups excluding carboxylic acids is 2. The van der Waals surface area contributed by atoms with Crippen LogP contribution >= 0.6 is 15.9 Å². The zero-order valence-electron chi connectivity index (χ0n) is 10.6. The zero-order chi connectivity index (χ0) is 14.2. The van der Waals surface area contributed by atoms with E-state index >= 15 is 0 Å². The summed E-state index contributed by atoms with van der Waals surface area (Å²) >= 11 is 3.24. The van der Waals surface area contributed by atoms with Crippen molar-refractivity contribution >= 4 is 33.4 Å². The van der Waals surface area contributed by atoms with Crippen molar-refractivity contribution in [2.24, 2.45) is 5.92 Å². The maximum Gasteiger partial charge on any atom is 0.247 e. The Labute approximate surface area is 119 Å². The van der Waals surface area contributed by atoms with Gasteiger partial charge in [-0.25, -0.2) is 4.39 Å². The molecule has 1 N–H and O–H groups in total. The van der Waals surface area contributed by atoms with Crippen molar-refractivity contribution in [1.82, 2.24) is 5.32 Å². The molecule has 0 radical (unpaired) electrons. The monoisotopic (exact) mass is 328 g/mol. The molecule has 2 amide bonds. The van der Waals surface area contributed by atoms with Crippen molar-refractivity contribution in [3.63, 3.8) is 0 Å². The number of rotatable bonds is 2. The Morgan fingerprint density at radius 1 is 1.42 bits per heavy atom. The number of benzene rings is 1. The largest absolute Gasteiger partial charge is 0.345 e. The van der Waals surface area contributed by atoms with E-state index in [0.29, 0.717) is 10.2 Å². The molecule has 1 unspecified atom stereocenters. The van der Waals surface area contributed by atoms with E-state index in [2.05, 4.69) is 21.2 Å². The molecular formula is C13H14BrFN2O2. The van der Waals surface area contributed by atoms with Gasteiger partial charge in [0.25, 0.3) is 0 Å². The number of piperazine rings is 1. The summed E-state index contributed by atoms with van der Waals surface area (Å²) in [6, 6.07) is 3.48. The maximum atomic E-state index is 13.1. The van der Waals surface area contributed by atoms with Gasteiger partial charge in [-0.1, -0.05) is 13.8 Å². The lowest BCUT2D eigenvalue weighted by atomic mass is 9.98. The second-order valence-electron chi connectivity index (χ2n) is 4.77. The van der Waals surface area contributed by atoms with Gasteiger partial charge in [-0.15, -0.1) is 0 Å². The zero-order valence-corrected chi connectivity index (χ0v) is 12.2. The van der Waals surface area contributed by atoms with Crippen molar-refractivity contribution in [3.8, 4) is 0 Å². The van der Waals surface area contributed by atoms with Crippen LogP contribution in [0.4, 0.5) is 10.1 Å². The van der Waals surface area contributed by atoms with Gasteiger partial charge in [-0.05, 0) is 40.0 Å². The van der Waals surface area contributed by atoms with Crippen LogP contribution in [-0.4, -0.2) is 24.4 Å². The van der Waals surface area contributed by atoms with Crippen LogP contribution in [0.3, 0.4) is 0 Å². The molecule has 1 aromatic rings. The first-order valence-corrected chi connectivity index (χ1v) is 6.76. The summed E-state index contributed by atoms with van der Waals surface area (Å²) < 4.78 is 13.6. The van der Waals surface area contributed by atoms with E-state index in [-0.39, 0.29) is 24.3 Å². The summed E-state index contributed by atoms with van der Waals surface area (Å²) in [5.41, 5.74) is 0.514. The molecule has 0 bridgehead atoms. The highest BCUT2D eigenvalue weighted by Crippen LogP contribution is 2.31. The predicted molar refractivity (Wildman–Crippen MR) is 73.2 cm³/mol. The van der Waals surface area contributed by atoms with Crippen molar-refractivity contribution < 1.29 is 14.0 Å². The third-order valence-electron chi connectivity index (χ3n) is 3.03. The molecule has 4 nitrogen and oxygen atoms in total. The molecule has 1 fully saturated rings. The normalized spacial score (nSPS) is 19.8. The van der Waals surface area contributed by atoms with Gasteiger partial charge < -0.3 is 5.32 Å². The molecule has 0 saturated carbocycles. The Hall–Kier alpha value is -1.43. The van der Waals surface area contributed by atoms with Gasteiger partial charge in [0, 0.05) is 4.47 Å². The van der Waals surface area contributed by atoms with Crippen molar-refractivity contribution in [2.75, 3.05) is 11.4 Å². The number of hydrogen-bond donors (Lipinski definition) is 1. The molecule has 1 heterocycles. The highest BCUT2D eigenvalue weighted by atomic mass is 79.9. The van der Waals surface area contributed by atoms with Gasteiger partial charge in [-0.2, -0.15) is 0 Å². The van der Waals surface area contributed by atoms with E-state index in [9.17, 15) is 14.0 Å². The van der Waals surface area contributed by atoms with Crippen LogP contribution < -0.4 is 10.2 Å². The van der Waals surface area contributed by atoms with Crippen LogP contribution in [-0.2, 0) is 9.59 Å². The van der Waals surface area contributed by atoms with Crippen LogP contribution in [0.5, 0.6) is 0 Å². The number of nitrogens with zero attached hydrogens (tertiary/aromatic N) is 1. The van der Waals surface area contributed by atoms with Crippen molar-refractivity contribution in [2.45, 2.75) is 19.9 Å². The van der Waals surface area contributed by atoms with E-state index in [4.69, 9.17) is 0 Å². The number of anilines is 1. The lowest BCUT2D eigenvalue weighted by Crippen LogP contribution is -2.60. The first-order chi connectivity index (χ1) is 8.91. The average Bonchev–Trinajstić information content (AvgIpc) is 2.32. The number of carbonyl (C=O) groups is 2. The average molecular weight is 329 g/mol. The SMILES string of the molecule is CC(C)C1C(=O)NCC(=O)N1c1ccc(F)cc1Br. The fourth-order valence-electron chi connectivity index (χ4n) is 2.19. The molecule has 0 aliphatic carbocycles. The van der Waals surface area contributed by atoms with Crippen LogP contribution in [0.2, 0.25) is 0 Å². The lowest BCUT2D eigenvalue weighted by Gasteiger charge is -2.37. The van der Waals surface area contributed by atoms with E-state index in [0.717, 1.165) is 0 Å². The predicted octanol–water partition coefficient (Wildman–Crippen LogP) is 2.08. The topological polar surface area (TPSA) is 49.4 Å². The fraction of sp³-hybridized carbons (Fsp3) is 0.385. The molecule has 0 spiro atoms. The number of amides is 2. The molecular weight excluding hydrogens is 315 g/mol. The maximum absolute atomic E-state index is 13.1. The van der Waals surface area contributed by atoms with Gasteiger partial charge in [0.1, 0.15) is 11.9 Å². The minimum absolute atomic E-state index is 0.0358. The summed E-state index contributed by atoms with van der Waals surface area (Å²) in [7, 11) is 0. The Bertz CT molecular complexity index is 533. The summed E-state index contributed by atoms with van der Waals surface area (Å²) in [5, 5.41) is 2.57.